The third kappa shape index (κ3) is 7.14. The van der Waals surface area contributed by atoms with Gasteiger partial charge in [0.05, 0.1) is 4.88 Å². The Bertz CT molecular complexity index is 748. The van der Waals surface area contributed by atoms with Crippen molar-refractivity contribution in [3.8, 4) is 0 Å². The quantitative estimate of drug-likeness (QED) is 0.250. The van der Waals surface area contributed by atoms with Crippen LogP contribution in [0.2, 0.25) is 0 Å². The molecule has 158 valence electrons. The predicted molar refractivity (Wildman–Crippen MR) is 131 cm³/mol. The first-order valence-corrected chi connectivity index (χ1v) is 10.7. The molecule has 2 aromatic rings. The first-order valence-electron chi connectivity index (χ1n) is 9.79. The van der Waals surface area contributed by atoms with E-state index in [1.54, 1.807) is 0 Å². The van der Waals surface area contributed by atoms with Gasteiger partial charge in [-0.05, 0) is 36.9 Å². The van der Waals surface area contributed by atoms with Gasteiger partial charge in [0.15, 0.2) is 5.96 Å². The van der Waals surface area contributed by atoms with Crippen LogP contribution in [0.5, 0.6) is 0 Å². The molecule has 3 rings (SSSR count). The predicted octanol–water partition coefficient (Wildman–Crippen LogP) is 2.67. The lowest BCUT2D eigenvalue weighted by atomic mass is 10.3. The van der Waals surface area contributed by atoms with Gasteiger partial charge in [0, 0.05) is 52.0 Å². The second-order valence-electron chi connectivity index (χ2n) is 6.48. The number of pyridine rings is 1. The van der Waals surface area contributed by atoms with Crippen molar-refractivity contribution in [3.05, 3.63) is 46.8 Å². The molecule has 0 radical (unpaired) electrons. The van der Waals surface area contributed by atoms with Gasteiger partial charge in [-0.3, -0.25) is 9.79 Å². The Morgan fingerprint density at radius 2 is 2.00 bits per heavy atom. The summed E-state index contributed by atoms with van der Waals surface area (Å²) < 4.78 is 0. The van der Waals surface area contributed by atoms with Crippen molar-refractivity contribution < 1.29 is 4.79 Å². The fraction of sp³-hybridized carbons (Fsp3) is 0.450. The van der Waals surface area contributed by atoms with Gasteiger partial charge in [-0.2, -0.15) is 0 Å². The molecular weight excluding hydrogens is 499 g/mol. The van der Waals surface area contributed by atoms with Gasteiger partial charge in [0.25, 0.3) is 5.91 Å². The van der Waals surface area contributed by atoms with E-state index in [0.29, 0.717) is 13.1 Å². The second-order valence-corrected chi connectivity index (χ2v) is 7.43. The number of guanidine groups is 1. The molecule has 7 nitrogen and oxygen atoms in total. The highest BCUT2D eigenvalue weighted by atomic mass is 127. The Hall–Kier alpha value is -1.88. The summed E-state index contributed by atoms with van der Waals surface area (Å²) >= 11 is 1.46. The average molecular weight is 528 g/mol. The third-order valence-electron chi connectivity index (χ3n) is 4.51. The molecule has 1 amide bonds. The smallest absolute Gasteiger partial charge is 0.261 e. The van der Waals surface area contributed by atoms with E-state index < -0.39 is 0 Å². The number of halogens is 1. The Balaban J connectivity index is 0.00000300. The maximum Gasteiger partial charge on any atom is 0.261 e. The lowest BCUT2D eigenvalue weighted by Gasteiger charge is -2.37. The number of hydrogen-bond acceptors (Lipinski definition) is 5. The highest BCUT2D eigenvalue weighted by Gasteiger charge is 2.20. The summed E-state index contributed by atoms with van der Waals surface area (Å²) in [6.45, 7) is 7.93. The van der Waals surface area contributed by atoms with E-state index in [2.05, 4.69) is 38.4 Å². The second kappa shape index (κ2) is 12.6. The number of aromatic nitrogens is 1. The summed E-state index contributed by atoms with van der Waals surface area (Å²) in [6.07, 6.45) is 2.66. The fourth-order valence-corrected chi connectivity index (χ4v) is 3.71. The Morgan fingerprint density at radius 3 is 2.66 bits per heavy atom. The number of piperazine rings is 1. The Labute approximate surface area is 193 Å². The number of amides is 1. The van der Waals surface area contributed by atoms with Gasteiger partial charge < -0.3 is 20.4 Å². The van der Waals surface area contributed by atoms with Crippen molar-refractivity contribution in [1.82, 2.24) is 20.5 Å². The lowest BCUT2D eigenvalue weighted by molar-refractivity contribution is 0.0957. The summed E-state index contributed by atoms with van der Waals surface area (Å²) in [5, 5.41) is 8.25. The normalized spacial score (nSPS) is 14.3. The van der Waals surface area contributed by atoms with E-state index in [9.17, 15) is 4.79 Å². The van der Waals surface area contributed by atoms with Gasteiger partial charge >= 0.3 is 0 Å². The number of rotatable bonds is 7. The summed E-state index contributed by atoms with van der Waals surface area (Å²) in [5.74, 6) is 1.98. The van der Waals surface area contributed by atoms with Crippen LogP contribution in [-0.2, 0) is 0 Å². The van der Waals surface area contributed by atoms with Gasteiger partial charge in [0.1, 0.15) is 5.82 Å². The minimum atomic E-state index is -0.00321. The number of carbonyl (C=O) groups excluding carboxylic acids is 1. The van der Waals surface area contributed by atoms with Crippen molar-refractivity contribution in [1.29, 1.82) is 0 Å². The highest BCUT2D eigenvalue weighted by molar-refractivity contribution is 14.0. The SMILES string of the molecule is CCNC(=NCCCNC(=O)c1cccs1)N1CCN(c2ccccn2)CC1.I. The number of hydrogen-bond donors (Lipinski definition) is 2. The first-order chi connectivity index (χ1) is 13.8. The molecule has 0 aromatic carbocycles. The molecule has 0 spiro atoms. The number of carbonyl (C=O) groups is 1. The Morgan fingerprint density at radius 1 is 1.17 bits per heavy atom. The minimum absolute atomic E-state index is 0. The molecule has 1 fully saturated rings. The molecule has 29 heavy (non-hydrogen) atoms. The zero-order chi connectivity index (χ0) is 19.6. The first kappa shape index (κ1) is 23.4. The van der Waals surface area contributed by atoms with E-state index in [0.717, 1.165) is 55.8 Å². The zero-order valence-electron chi connectivity index (χ0n) is 16.7. The van der Waals surface area contributed by atoms with Crippen LogP contribution in [0.3, 0.4) is 0 Å². The maximum atomic E-state index is 11.9. The zero-order valence-corrected chi connectivity index (χ0v) is 19.9. The van der Waals surface area contributed by atoms with Crippen LogP contribution < -0.4 is 15.5 Å². The largest absolute Gasteiger partial charge is 0.357 e. The van der Waals surface area contributed by atoms with Gasteiger partial charge in [-0.15, -0.1) is 35.3 Å². The average Bonchev–Trinajstić information content (AvgIpc) is 3.28. The van der Waals surface area contributed by atoms with Crippen molar-refractivity contribution in [2.75, 3.05) is 50.7 Å². The topological polar surface area (TPSA) is 72.9 Å². The molecule has 1 saturated heterocycles. The standard InChI is InChI=1S/C20H28N6OS.HI/c1-2-21-20(24-11-6-10-23-19(27)17-7-5-16-28-17)26-14-12-25(13-15-26)18-8-3-4-9-22-18;/h3-5,7-9,16H,2,6,10-15H2,1H3,(H,21,24)(H,23,27);1H. The van der Waals surface area contributed by atoms with Crippen LogP contribution in [0.25, 0.3) is 0 Å². The summed E-state index contributed by atoms with van der Waals surface area (Å²) in [5.41, 5.74) is 0. The van der Waals surface area contributed by atoms with Gasteiger partial charge in [-0.1, -0.05) is 12.1 Å². The van der Waals surface area contributed by atoms with Crippen molar-refractivity contribution in [3.63, 3.8) is 0 Å². The summed E-state index contributed by atoms with van der Waals surface area (Å²) in [6, 6.07) is 9.75. The third-order valence-corrected chi connectivity index (χ3v) is 5.38. The molecule has 0 aliphatic carbocycles. The van der Waals surface area contributed by atoms with Crippen LogP contribution in [0.1, 0.15) is 23.0 Å². The maximum absolute atomic E-state index is 11.9. The Kier molecular flexibility index (Phi) is 10.2. The number of thiophene rings is 1. The van der Waals surface area contributed by atoms with Crippen LogP contribution in [0.4, 0.5) is 5.82 Å². The molecular formula is C20H29IN6OS. The van der Waals surface area contributed by atoms with E-state index in [1.165, 1.54) is 11.3 Å². The summed E-state index contributed by atoms with van der Waals surface area (Å²) in [7, 11) is 0. The van der Waals surface area contributed by atoms with Crippen molar-refractivity contribution >= 4 is 53.0 Å². The van der Waals surface area contributed by atoms with Crippen LogP contribution in [-0.4, -0.2) is 67.6 Å². The molecule has 2 aromatic heterocycles. The van der Waals surface area contributed by atoms with E-state index >= 15 is 0 Å². The molecule has 9 heteroatoms. The van der Waals surface area contributed by atoms with E-state index in [-0.39, 0.29) is 29.9 Å². The number of nitrogens with zero attached hydrogens (tertiary/aromatic N) is 4. The molecule has 0 atom stereocenters. The molecule has 0 bridgehead atoms. The van der Waals surface area contributed by atoms with Gasteiger partial charge in [0.2, 0.25) is 0 Å². The molecule has 1 aliphatic heterocycles. The van der Waals surface area contributed by atoms with Crippen LogP contribution >= 0.6 is 35.3 Å². The monoisotopic (exact) mass is 528 g/mol. The minimum Gasteiger partial charge on any atom is -0.357 e. The molecule has 3 heterocycles. The van der Waals surface area contributed by atoms with Crippen LogP contribution in [0.15, 0.2) is 46.9 Å². The molecule has 1 aliphatic rings. The van der Waals surface area contributed by atoms with Crippen molar-refractivity contribution in [2.45, 2.75) is 13.3 Å². The molecule has 0 saturated carbocycles. The number of anilines is 1. The van der Waals surface area contributed by atoms with Crippen molar-refractivity contribution in [2.24, 2.45) is 4.99 Å². The summed E-state index contributed by atoms with van der Waals surface area (Å²) in [4.78, 5) is 26.5. The lowest BCUT2D eigenvalue weighted by Crippen LogP contribution is -2.52. The van der Waals surface area contributed by atoms with Crippen LogP contribution in [0, 0.1) is 0 Å². The number of nitrogens with one attached hydrogen (secondary N) is 2. The molecule has 0 unspecified atom stereocenters. The van der Waals surface area contributed by atoms with Gasteiger partial charge in [-0.25, -0.2) is 4.98 Å². The number of aliphatic imine (C=N–C) groups is 1. The molecule has 2 N–H and O–H groups in total. The van der Waals surface area contributed by atoms with E-state index in [4.69, 9.17) is 4.99 Å². The fourth-order valence-electron chi connectivity index (χ4n) is 3.07. The van der Waals surface area contributed by atoms with E-state index in [1.807, 2.05) is 35.8 Å². The highest BCUT2D eigenvalue weighted by Crippen LogP contribution is 2.12.